The lowest BCUT2D eigenvalue weighted by atomic mass is 10.0. The van der Waals surface area contributed by atoms with Gasteiger partial charge in [0.1, 0.15) is 5.84 Å². The zero-order valence-corrected chi connectivity index (χ0v) is 10.2. The Hall–Kier alpha value is -0.810. The molecule has 1 rings (SSSR count). The first-order valence-corrected chi connectivity index (χ1v) is 5.94. The van der Waals surface area contributed by atoms with Crippen LogP contribution < -0.4 is 5.73 Å². The number of likely N-dealkylation sites (tertiary alicyclic amines) is 1. The maximum absolute atomic E-state index is 8.58. The summed E-state index contributed by atoms with van der Waals surface area (Å²) in [5.74, 6) is 0.320. The highest BCUT2D eigenvalue weighted by Gasteiger charge is 2.24. The van der Waals surface area contributed by atoms with Crippen molar-refractivity contribution in [3.63, 3.8) is 0 Å². The maximum Gasteiger partial charge on any atom is 0.140 e. The molecule has 5 heteroatoms. The van der Waals surface area contributed by atoms with E-state index in [2.05, 4.69) is 17.0 Å². The third kappa shape index (κ3) is 3.64. The van der Waals surface area contributed by atoms with Crippen molar-refractivity contribution < 1.29 is 9.94 Å². The van der Waals surface area contributed by atoms with Crippen LogP contribution in [-0.2, 0) is 4.74 Å². The van der Waals surface area contributed by atoms with Crippen molar-refractivity contribution in [2.45, 2.75) is 44.8 Å². The van der Waals surface area contributed by atoms with Crippen molar-refractivity contribution in [2.24, 2.45) is 10.9 Å². The van der Waals surface area contributed by atoms with E-state index < -0.39 is 0 Å². The first-order chi connectivity index (χ1) is 7.71. The van der Waals surface area contributed by atoms with Gasteiger partial charge in [0, 0.05) is 32.7 Å². The van der Waals surface area contributed by atoms with E-state index in [-0.39, 0.29) is 0 Å². The summed E-state index contributed by atoms with van der Waals surface area (Å²) in [5, 5.41) is 11.6. The minimum absolute atomic E-state index is 0.320. The summed E-state index contributed by atoms with van der Waals surface area (Å²) in [7, 11) is 1.77. The lowest BCUT2D eigenvalue weighted by molar-refractivity contribution is 0.0274. The Morgan fingerprint density at radius 3 is 2.62 bits per heavy atom. The van der Waals surface area contributed by atoms with E-state index in [0.717, 1.165) is 32.4 Å². The maximum atomic E-state index is 8.58. The minimum Gasteiger partial charge on any atom is -0.409 e. The number of nitrogens with zero attached hydrogens (tertiary/aromatic N) is 2. The topological polar surface area (TPSA) is 71.1 Å². The number of methoxy groups -OCH3 is 1. The van der Waals surface area contributed by atoms with E-state index >= 15 is 0 Å². The summed E-state index contributed by atoms with van der Waals surface area (Å²) >= 11 is 0. The van der Waals surface area contributed by atoms with Crippen molar-refractivity contribution in [3.8, 4) is 0 Å². The van der Waals surface area contributed by atoms with Gasteiger partial charge in [-0.2, -0.15) is 0 Å². The number of piperidine rings is 1. The molecular weight excluding hydrogens is 206 g/mol. The van der Waals surface area contributed by atoms with E-state index in [1.165, 1.54) is 0 Å². The fourth-order valence-corrected chi connectivity index (χ4v) is 2.29. The first kappa shape index (κ1) is 13.3. The van der Waals surface area contributed by atoms with Gasteiger partial charge in [-0.3, -0.25) is 4.90 Å². The number of hydrogen-bond acceptors (Lipinski definition) is 4. The van der Waals surface area contributed by atoms with Gasteiger partial charge in [0.25, 0.3) is 0 Å². The van der Waals surface area contributed by atoms with Crippen LogP contribution in [0.5, 0.6) is 0 Å². The van der Waals surface area contributed by atoms with E-state index in [1.807, 2.05) is 0 Å². The fourth-order valence-electron chi connectivity index (χ4n) is 2.29. The second-order valence-electron chi connectivity index (χ2n) is 4.33. The van der Waals surface area contributed by atoms with Crippen LogP contribution in [0.3, 0.4) is 0 Å². The monoisotopic (exact) mass is 229 g/mol. The number of amidine groups is 1. The molecule has 0 aromatic heterocycles. The van der Waals surface area contributed by atoms with Gasteiger partial charge in [0.15, 0.2) is 0 Å². The molecule has 94 valence electrons. The molecule has 1 heterocycles. The second-order valence-corrected chi connectivity index (χ2v) is 4.33. The van der Waals surface area contributed by atoms with Crippen molar-refractivity contribution in [3.05, 3.63) is 0 Å². The molecule has 0 aromatic rings. The highest BCUT2D eigenvalue weighted by atomic mass is 16.5. The van der Waals surface area contributed by atoms with Gasteiger partial charge >= 0.3 is 0 Å². The molecule has 0 amide bonds. The van der Waals surface area contributed by atoms with Crippen molar-refractivity contribution in [2.75, 3.05) is 20.2 Å². The van der Waals surface area contributed by atoms with Crippen LogP contribution >= 0.6 is 0 Å². The van der Waals surface area contributed by atoms with Gasteiger partial charge in [-0.25, -0.2) is 0 Å². The number of hydrogen-bond donors (Lipinski definition) is 2. The lowest BCUT2D eigenvalue weighted by Gasteiger charge is -2.36. The Balaban J connectivity index is 2.42. The molecule has 1 aliphatic rings. The zero-order valence-electron chi connectivity index (χ0n) is 10.2. The number of rotatable bonds is 5. The van der Waals surface area contributed by atoms with Crippen LogP contribution in [0.15, 0.2) is 5.16 Å². The Labute approximate surface area is 97.2 Å². The molecule has 16 heavy (non-hydrogen) atoms. The van der Waals surface area contributed by atoms with Crippen LogP contribution in [0.2, 0.25) is 0 Å². The third-order valence-electron chi connectivity index (χ3n) is 3.37. The van der Waals surface area contributed by atoms with Crippen LogP contribution in [0.4, 0.5) is 0 Å². The predicted octanol–water partition coefficient (Wildman–Crippen LogP) is 1.01. The van der Waals surface area contributed by atoms with Crippen LogP contribution in [-0.4, -0.2) is 48.3 Å². The quantitative estimate of drug-likeness (QED) is 0.319. The Morgan fingerprint density at radius 2 is 2.19 bits per heavy atom. The van der Waals surface area contributed by atoms with Crippen molar-refractivity contribution >= 4 is 5.84 Å². The average Bonchev–Trinajstić information content (AvgIpc) is 2.35. The van der Waals surface area contributed by atoms with Gasteiger partial charge in [-0.1, -0.05) is 12.1 Å². The van der Waals surface area contributed by atoms with E-state index in [1.54, 1.807) is 7.11 Å². The minimum atomic E-state index is 0.320. The van der Waals surface area contributed by atoms with Crippen molar-refractivity contribution in [1.82, 2.24) is 4.90 Å². The number of oxime groups is 1. The van der Waals surface area contributed by atoms with Gasteiger partial charge in [-0.05, 0) is 19.3 Å². The molecular formula is C11H23N3O2. The SMILES string of the molecule is CCC(C/C(N)=N/O)N1CCC(OC)CC1. The highest BCUT2D eigenvalue weighted by Crippen LogP contribution is 2.18. The zero-order chi connectivity index (χ0) is 12.0. The van der Waals surface area contributed by atoms with Gasteiger partial charge in [0.2, 0.25) is 0 Å². The molecule has 1 aliphatic heterocycles. The van der Waals surface area contributed by atoms with E-state index in [4.69, 9.17) is 15.7 Å². The summed E-state index contributed by atoms with van der Waals surface area (Å²) in [5.41, 5.74) is 5.56. The smallest absolute Gasteiger partial charge is 0.140 e. The standard InChI is InChI=1S/C11H23N3O2/c1-3-9(8-11(12)13-15)14-6-4-10(16-2)5-7-14/h9-10,15H,3-8H2,1-2H3,(H2,12,13). The van der Waals surface area contributed by atoms with Gasteiger partial charge in [-0.15, -0.1) is 0 Å². The Kier molecular flexibility index (Phi) is 5.55. The molecule has 0 radical (unpaired) electrons. The normalized spacial score (nSPS) is 22.2. The molecule has 1 atom stereocenters. The second kappa shape index (κ2) is 6.70. The summed E-state index contributed by atoms with van der Waals surface area (Å²) in [6.07, 6.45) is 4.21. The summed E-state index contributed by atoms with van der Waals surface area (Å²) in [6, 6.07) is 0.383. The molecule has 0 aliphatic carbocycles. The molecule has 0 bridgehead atoms. The molecule has 1 saturated heterocycles. The van der Waals surface area contributed by atoms with Gasteiger partial charge in [0.05, 0.1) is 6.10 Å². The molecule has 1 fully saturated rings. The fraction of sp³-hybridized carbons (Fsp3) is 0.909. The Bertz CT molecular complexity index is 225. The van der Waals surface area contributed by atoms with Crippen LogP contribution in [0.25, 0.3) is 0 Å². The first-order valence-electron chi connectivity index (χ1n) is 5.94. The third-order valence-corrected chi connectivity index (χ3v) is 3.37. The molecule has 0 saturated carbocycles. The molecule has 0 spiro atoms. The molecule has 0 aromatic carbocycles. The molecule has 5 nitrogen and oxygen atoms in total. The van der Waals surface area contributed by atoms with E-state index in [9.17, 15) is 0 Å². The van der Waals surface area contributed by atoms with E-state index in [0.29, 0.717) is 24.4 Å². The number of nitrogens with two attached hydrogens (primary N) is 1. The number of ether oxygens (including phenoxy) is 1. The Morgan fingerprint density at radius 1 is 1.56 bits per heavy atom. The average molecular weight is 229 g/mol. The van der Waals surface area contributed by atoms with Crippen molar-refractivity contribution in [1.29, 1.82) is 0 Å². The molecule has 3 N–H and O–H groups in total. The highest BCUT2D eigenvalue weighted by molar-refractivity contribution is 5.80. The summed E-state index contributed by atoms with van der Waals surface area (Å²) in [6.45, 7) is 4.21. The summed E-state index contributed by atoms with van der Waals surface area (Å²) < 4.78 is 5.34. The summed E-state index contributed by atoms with van der Waals surface area (Å²) in [4.78, 5) is 2.41. The molecule has 1 unspecified atom stereocenters. The largest absolute Gasteiger partial charge is 0.409 e. The van der Waals surface area contributed by atoms with Crippen LogP contribution in [0.1, 0.15) is 32.6 Å². The van der Waals surface area contributed by atoms with Gasteiger partial charge < -0.3 is 15.7 Å². The predicted molar refractivity (Wildman–Crippen MR) is 63.7 cm³/mol. The lowest BCUT2D eigenvalue weighted by Crippen LogP contribution is -2.44. The van der Waals surface area contributed by atoms with Crippen LogP contribution in [0, 0.1) is 0 Å².